The van der Waals surface area contributed by atoms with E-state index in [1.807, 2.05) is 0 Å². The molecule has 1 amide bonds. The van der Waals surface area contributed by atoms with Crippen molar-refractivity contribution in [2.75, 3.05) is 19.8 Å². The molecule has 8 nitrogen and oxygen atoms in total. The first kappa shape index (κ1) is 34.1. The van der Waals surface area contributed by atoms with Crippen molar-refractivity contribution in [3.63, 3.8) is 0 Å². The highest BCUT2D eigenvalue weighted by Crippen LogP contribution is 2.59. The molecule has 0 heterocycles. The summed E-state index contributed by atoms with van der Waals surface area (Å²) in [7, 11) is -4.10. The monoisotopic (exact) mass is 661 g/mol. The van der Waals surface area contributed by atoms with E-state index in [-0.39, 0.29) is 34.7 Å². The van der Waals surface area contributed by atoms with Gasteiger partial charge in [-0.05, 0) is 52.9 Å². The van der Waals surface area contributed by atoms with Crippen molar-refractivity contribution < 1.29 is 37.5 Å². The lowest BCUT2D eigenvalue weighted by molar-refractivity contribution is -0.151. The van der Waals surface area contributed by atoms with Gasteiger partial charge in [0.05, 0.1) is 23.8 Å². The van der Waals surface area contributed by atoms with Crippen LogP contribution in [0, 0.1) is 11.2 Å². The molecular formula is C28H35BrClFNO7P. The minimum absolute atomic E-state index is 0.00985. The second-order valence-corrected chi connectivity index (χ2v) is 13.5. The van der Waals surface area contributed by atoms with E-state index in [9.17, 15) is 28.4 Å². The summed E-state index contributed by atoms with van der Waals surface area (Å²) in [5.41, 5.74) is -2.05. The molecule has 0 bridgehead atoms. The molecule has 40 heavy (non-hydrogen) atoms. The zero-order valence-corrected chi connectivity index (χ0v) is 26.4. The molecule has 0 fully saturated rings. The summed E-state index contributed by atoms with van der Waals surface area (Å²) in [6.07, 6.45) is -0.514. The van der Waals surface area contributed by atoms with E-state index in [0.29, 0.717) is 5.56 Å². The first-order chi connectivity index (χ1) is 18.7. The summed E-state index contributed by atoms with van der Waals surface area (Å²) in [6.45, 7) is 7.83. The van der Waals surface area contributed by atoms with E-state index < -0.39 is 61.2 Å². The number of halogens is 3. The van der Waals surface area contributed by atoms with Gasteiger partial charge < -0.3 is 19.1 Å². The molecule has 2 aromatic carbocycles. The van der Waals surface area contributed by atoms with E-state index in [2.05, 4.69) is 15.9 Å². The highest BCUT2D eigenvalue weighted by atomic mass is 79.9. The fourth-order valence-electron chi connectivity index (χ4n) is 4.40. The number of amides is 1. The summed E-state index contributed by atoms with van der Waals surface area (Å²) in [5, 5.41) is 10.0. The second-order valence-electron chi connectivity index (χ2n) is 10.1. The molecule has 2 rings (SSSR count). The van der Waals surface area contributed by atoms with Gasteiger partial charge in [0.2, 0.25) is 5.91 Å². The Kier molecular flexibility index (Phi) is 12.5. The van der Waals surface area contributed by atoms with Crippen LogP contribution in [0.15, 0.2) is 46.9 Å². The lowest BCUT2D eigenvalue weighted by atomic mass is 9.90. The summed E-state index contributed by atoms with van der Waals surface area (Å²) < 4.78 is 39.9. The summed E-state index contributed by atoms with van der Waals surface area (Å²) in [5.74, 6) is -3.75. The molecule has 0 spiro atoms. The van der Waals surface area contributed by atoms with Gasteiger partial charge in [0.25, 0.3) is 0 Å². The smallest absolute Gasteiger partial charge is 0.343 e. The molecule has 220 valence electrons. The van der Waals surface area contributed by atoms with Gasteiger partial charge in [-0.3, -0.25) is 14.2 Å². The van der Waals surface area contributed by atoms with Crippen LogP contribution in [0.25, 0.3) is 0 Å². The van der Waals surface area contributed by atoms with Gasteiger partial charge in [0.1, 0.15) is 11.7 Å². The van der Waals surface area contributed by atoms with E-state index in [4.69, 9.17) is 20.6 Å². The number of carbonyl (C=O) groups excluding carboxylic acids is 2. The number of nitrogens with zero attached hydrogens (tertiary/aromatic N) is 1. The Morgan fingerprint density at radius 1 is 1.07 bits per heavy atom. The average molecular weight is 663 g/mol. The molecule has 2 aromatic rings. The molecular weight excluding hydrogens is 628 g/mol. The maximum absolute atomic E-state index is 14.8. The van der Waals surface area contributed by atoms with Crippen molar-refractivity contribution in [3.8, 4) is 0 Å². The topological polar surface area (TPSA) is 110 Å². The molecule has 0 radical (unpaired) electrons. The third-order valence-electron chi connectivity index (χ3n) is 6.11. The predicted octanol–water partition coefficient (Wildman–Crippen LogP) is 7.02. The average Bonchev–Trinajstić information content (AvgIpc) is 2.85. The highest BCUT2D eigenvalue weighted by molar-refractivity contribution is 9.10. The Bertz CT molecular complexity index is 1250. The summed E-state index contributed by atoms with van der Waals surface area (Å²) in [6, 6.07) is 9.96. The van der Waals surface area contributed by atoms with Crippen LogP contribution >= 0.6 is 35.1 Å². The van der Waals surface area contributed by atoms with Gasteiger partial charge in [-0.2, -0.15) is 0 Å². The molecule has 0 aromatic heterocycles. The van der Waals surface area contributed by atoms with Crippen LogP contribution in [0.1, 0.15) is 57.0 Å². The Morgan fingerprint density at radius 2 is 1.65 bits per heavy atom. The van der Waals surface area contributed by atoms with E-state index in [1.165, 1.54) is 12.1 Å². The number of aliphatic carboxylic acids is 1. The Balaban J connectivity index is 2.61. The van der Waals surface area contributed by atoms with Crippen LogP contribution in [0.3, 0.4) is 0 Å². The number of Topliss-reactive ketones (excluding diaryl/α,β-unsaturated/α-hetero) is 1. The second kappa shape index (κ2) is 14.7. The van der Waals surface area contributed by atoms with Crippen molar-refractivity contribution in [1.82, 2.24) is 4.90 Å². The number of benzene rings is 2. The number of ketones is 1. The van der Waals surface area contributed by atoms with E-state index in [1.54, 1.807) is 65.0 Å². The Hall–Kier alpha value is -2.10. The molecule has 1 N–H and O–H groups in total. The highest BCUT2D eigenvalue weighted by Gasteiger charge is 2.51. The number of carbonyl (C=O) groups is 3. The molecule has 0 aliphatic heterocycles. The van der Waals surface area contributed by atoms with Crippen LogP contribution in [0.5, 0.6) is 0 Å². The summed E-state index contributed by atoms with van der Waals surface area (Å²) >= 11 is 9.04. The standard InChI is InChI=1S/C28H35BrClFNO7P/c1-6-38-40(37,39-7-2)25(28(3,4)5)26(34)32(21(27(35)36)17-18-11-9-8-10-12-18)16-15-22(33)23-19(29)13-14-20(30)24(23)31/h8-14,21,25H,6-7,15-17H2,1-5H3,(H,35,36). The number of carboxylic acids is 1. The molecule has 2 unspecified atom stereocenters. The number of rotatable bonds is 14. The van der Waals surface area contributed by atoms with Gasteiger partial charge in [-0.15, -0.1) is 0 Å². The molecule has 0 aliphatic rings. The van der Waals surface area contributed by atoms with Gasteiger partial charge >= 0.3 is 13.6 Å². The largest absolute Gasteiger partial charge is 0.480 e. The zero-order valence-electron chi connectivity index (χ0n) is 23.2. The van der Waals surface area contributed by atoms with Crippen LogP contribution < -0.4 is 0 Å². The van der Waals surface area contributed by atoms with Crippen molar-refractivity contribution >= 4 is 52.8 Å². The first-order valence-corrected chi connectivity index (χ1v) is 15.6. The maximum Gasteiger partial charge on any atom is 0.343 e. The van der Waals surface area contributed by atoms with Gasteiger partial charge in [0.15, 0.2) is 11.6 Å². The normalized spacial score (nSPS) is 13.5. The van der Waals surface area contributed by atoms with Gasteiger partial charge in [-0.25, -0.2) is 9.18 Å². The number of hydrogen-bond acceptors (Lipinski definition) is 6. The van der Waals surface area contributed by atoms with Crippen LogP contribution in [-0.4, -0.2) is 59.1 Å². The fourth-order valence-corrected chi connectivity index (χ4v) is 7.55. The quantitative estimate of drug-likeness (QED) is 0.132. The minimum Gasteiger partial charge on any atom is -0.480 e. The van der Waals surface area contributed by atoms with Crippen molar-refractivity contribution in [2.24, 2.45) is 5.41 Å². The minimum atomic E-state index is -4.10. The zero-order chi connectivity index (χ0) is 30.3. The lowest BCUT2D eigenvalue weighted by Crippen LogP contribution is -2.53. The van der Waals surface area contributed by atoms with Gasteiger partial charge in [-0.1, -0.05) is 62.7 Å². The Morgan fingerprint density at radius 3 is 2.15 bits per heavy atom. The molecule has 0 saturated heterocycles. The molecule has 0 saturated carbocycles. The number of carboxylic acid groups (broad SMARTS) is 1. The third-order valence-corrected chi connectivity index (χ3v) is 9.92. The SMILES string of the molecule is CCOP(=O)(OCC)C(C(=O)N(CCC(=O)c1c(Br)ccc(Cl)c1F)C(Cc1ccccc1)C(=O)O)C(C)(C)C. The summed E-state index contributed by atoms with van der Waals surface area (Å²) in [4.78, 5) is 41.1. The van der Waals surface area contributed by atoms with Crippen molar-refractivity contribution in [3.05, 3.63) is 68.9 Å². The first-order valence-electron chi connectivity index (χ1n) is 12.8. The van der Waals surface area contributed by atoms with Crippen LogP contribution in [-0.2, 0) is 29.6 Å². The van der Waals surface area contributed by atoms with Crippen molar-refractivity contribution in [1.29, 1.82) is 0 Å². The van der Waals surface area contributed by atoms with Gasteiger partial charge in [0, 0.05) is 23.9 Å². The molecule has 12 heteroatoms. The Labute approximate surface area is 247 Å². The number of hydrogen-bond donors (Lipinski definition) is 1. The molecule has 2 atom stereocenters. The predicted molar refractivity (Wildman–Crippen MR) is 155 cm³/mol. The molecule has 0 aliphatic carbocycles. The maximum atomic E-state index is 14.8. The third kappa shape index (κ3) is 8.46. The fraction of sp³-hybridized carbons (Fsp3) is 0.464. The van der Waals surface area contributed by atoms with E-state index >= 15 is 0 Å². The van der Waals surface area contributed by atoms with Crippen molar-refractivity contribution in [2.45, 2.75) is 59.2 Å². The lowest BCUT2D eigenvalue weighted by Gasteiger charge is -2.39. The van der Waals surface area contributed by atoms with Crippen LogP contribution in [0.4, 0.5) is 4.39 Å². The van der Waals surface area contributed by atoms with Crippen LogP contribution in [0.2, 0.25) is 5.02 Å². The van der Waals surface area contributed by atoms with E-state index in [0.717, 1.165) is 4.90 Å².